The van der Waals surface area contributed by atoms with Crippen molar-refractivity contribution in [3.63, 3.8) is 0 Å². The van der Waals surface area contributed by atoms with E-state index in [-0.39, 0.29) is 24.6 Å². The Balaban J connectivity index is 1.82. The van der Waals surface area contributed by atoms with Crippen LogP contribution in [-0.2, 0) is 14.9 Å². The lowest BCUT2D eigenvalue weighted by Gasteiger charge is -2.35. The quantitative estimate of drug-likeness (QED) is 0.357. The molecule has 1 fully saturated rings. The van der Waals surface area contributed by atoms with Gasteiger partial charge < -0.3 is 19.5 Å². The Morgan fingerprint density at radius 1 is 1.31 bits per heavy atom. The van der Waals surface area contributed by atoms with Crippen LogP contribution in [0, 0.1) is 12.7 Å². The average Bonchev–Trinajstić information content (AvgIpc) is 3.42. The molecule has 1 saturated carbocycles. The summed E-state index contributed by atoms with van der Waals surface area (Å²) >= 11 is 0. The highest BCUT2D eigenvalue weighted by molar-refractivity contribution is 5.94. The molecule has 36 heavy (non-hydrogen) atoms. The van der Waals surface area contributed by atoms with Crippen LogP contribution in [0.1, 0.15) is 62.3 Å². The number of halogens is 1. The molecule has 5 rings (SSSR count). The number of nitrogens with one attached hydrogen (secondary N) is 1. The van der Waals surface area contributed by atoms with Crippen molar-refractivity contribution >= 4 is 28.0 Å². The first kappa shape index (κ1) is 24.4. The number of rotatable bonds is 6. The van der Waals surface area contributed by atoms with E-state index in [1.54, 1.807) is 26.3 Å². The summed E-state index contributed by atoms with van der Waals surface area (Å²) in [6.07, 6.45) is 3.05. The lowest BCUT2D eigenvalue weighted by molar-refractivity contribution is -0.162. The zero-order valence-corrected chi connectivity index (χ0v) is 20.9. The lowest BCUT2D eigenvalue weighted by Crippen LogP contribution is -2.42. The van der Waals surface area contributed by atoms with E-state index in [2.05, 4.69) is 28.6 Å². The molecule has 0 saturated heterocycles. The van der Waals surface area contributed by atoms with Crippen LogP contribution in [-0.4, -0.2) is 55.2 Å². The third-order valence-corrected chi connectivity index (χ3v) is 7.55. The maximum Gasteiger partial charge on any atom is 0.335 e. The number of pyridine rings is 1. The summed E-state index contributed by atoms with van der Waals surface area (Å²) in [6, 6.07) is 7.10. The topological polar surface area (TPSA) is 113 Å². The minimum Gasteiger partial charge on any atom is -0.479 e. The molecule has 8 nitrogen and oxygen atoms in total. The molecule has 0 unspecified atom stereocenters. The lowest BCUT2D eigenvalue weighted by atomic mass is 9.73. The fourth-order valence-corrected chi connectivity index (χ4v) is 5.71. The van der Waals surface area contributed by atoms with E-state index < -0.39 is 17.0 Å². The van der Waals surface area contributed by atoms with Crippen molar-refractivity contribution in [1.82, 2.24) is 19.7 Å². The number of aromatic nitrogens is 4. The second-order valence-electron chi connectivity index (χ2n) is 10.6. The number of hydrogen-bond donors (Lipinski definition) is 3. The third-order valence-electron chi connectivity index (χ3n) is 7.55. The molecular weight excluding hydrogens is 463 g/mol. The van der Waals surface area contributed by atoms with Crippen LogP contribution in [0.15, 0.2) is 30.5 Å². The van der Waals surface area contributed by atoms with E-state index in [9.17, 15) is 19.4 Å². The Kier molecular flexibility index (Phi) is 5.88. The number of H-pyrrole nitrogens is 1. The standard InChI is InChI=1S/C27H31FN4O4/c1-15-11-18(5-6-19(15)28)32-20-12-17-13-29-31-24(17)30-22(20)21(23(32)26(2,3)14-36-4)16-7-9-27(35,10-8-16)25(33)34/h5-6,11-13,16,35H,7-10,14H2,1-4H3,(H,33,34)(H,29,30,31). The van der Waals surface area contributed by atoms with Crippen molar-refractivity contribution in [2.45, 2.75) is 63.4 Å². The number of aliphatic hydroxyl groups is 1. The number of fused-ring (bicyclic) bond motifs is 2. The van der Waals surface area contributed by atoms with Crippen LogP contribution in [0.4, 0.5) is 4.39 Å². The summed E-state index contributed by atoms with van der Waals surface area (Å²) in [5.41, 5.74) is 3.49. The molecule has 4 aromatic rings. The molecule has 3 aromatic heterocycles. The summed E-state index contributed by atoms with van der Waals surface area (Å²) in [5, 5.41) is 28.1. The summed E-state index contributed by atoms with van der Waals surface area (Å²) < 4.78 is 22.0. The molecule has 0 radical (unpaired) electrons. The minimum atomic E-state index is -1.71. The van der Waals surface area contributed by atoms with Gasteiger partial charge in [-0.15, -0.1) is 0 Å². The first-order chi connectivity index (χ1) is 17.1. The molecule has 1 aromatic carbocycles. The molecule has 1 aliphatic carbocycles. The highest BCUT2D eigenvalue weighted by atomic mass is 19.1. The first-order valence-corrected chi connectivity index (χ1v) is 12.2. The number of aryl methyl sites for hydroxylation is 1. The average molecular weight is 495 g/mol. The van der Waals surface area contributed by atoms with Crippen molar-refractivity contribution < 1.29 is 24.1 Å². The Morgan fingerprint density at radius 3 is 2.67 bits per heavy atom. The van der Waals surface area contributed by atoms with E-state index in [1.807, 2.05) is 12.1 Å². The Bertz CT molecular complexity index is 1460. The molecule has 1 aliphatic rings. The van der Waals surface area contributed by atoms with Gasteiger partial charge in [-0.3, -0.25) is 5.10 Å². The highest BCUT2D eigenvalue weighted by Crippen LogP contribution is 2.47. The number of carbonyl (C=O) groups is 1. The number of carboxylic acids is 1. The van der Waals surface area contributed by atoms with Gasteiger partial charge in [0.1, 0.15) is 5.82 Å². The number of carboxylic acid groups (broad SMARTS) is 1. The zero-order chi connectivity index (χ0) is 25.8. The van der Waals surface area contributed by atoms with Gasteiger partial charge in [0, 0.05) is 34.9 Å². The molecule has 0 aliphatic heterocycles. The number of ether oxygens (including phenoxy) is 1. The fraction of sp³-hybridized carbons (Fsp3) is 0.444. The number of nitrogens with zero attached hydrogens (tertiary/aromatic N) is 3. The predicted molar refractivity (Wildman–Crippen MR) is 134 cm³/mol. The van der Waals surface area contributed by atoms with Gasteiger partial charge in [0.05, 0.1) is 23.8 Å². The van der Waals surface area contributed by atoms with Crippen molar-refractivity contribution in [2.75, 3.05) is 13.7 Å². The van der Waals surface area contributed by atoms with Crippen molar-refractivity contribution in [3.8, 4) is 5.69 Å². The molecule has 0 amide bonds. The predicted octanol–water partition coefficient (Wildman–Crippen LogP) is 4.75. The van der Waals surface area contributed by atoms with Crippen molar-refractivity contribution in [1.29, 1.82) is 0 Å². The molecule has 3 N–H and O–H groups in total. The summed E-state index contributed by atoms with van der Waals surface area (Å²) in [7, 11) is 1.66. The number of aliphatic carboxylic acids is 1. The smallest absolute Gasteiger partial charge is 0.335 e. The molecule has 0 spiro atoms. The molecule has 9 heteroatoms. The van der Waals surface area contributed by atoms with Crippen molar-refractivity contribution in [3.05, 3.63) is 53.1 Å². The van der Waals surface area contributed by atoms with Gasteiger partial charge in [0.25, 0.3) is 0 Å². The third kappa shape index (κ3) is 3.87. The van der Waals surface area contributed by atoms with Gasteiger partial charge in [-0.2, -0.15) is 5.10 Å². The van der Waals surface area contributed by atoms with Crippen LogP contribution in [0.3, 0.4) is 0 Å². The van der Waals surface area contributed by atoms with Gasteiger partial charge in [-0.1, -0.05) is 13.8 Å². The van der Waals surface area contributed by atoms with E-state index in [0.29, 0.717) is 30.7 Å². The SMILES string of the molecule is COCC(C)(C)c1c(C2CCC(O)(C(=O)O)CC2)c2nc3[nH]ncc3cc2n1-c1ccc(F)c(C)c1. The van der Waals surface area contributed by atoms with Crippen LogP contribution >= 0.6 is 0 Å². The molecule has 3 heterocycles. The van der Waals surface area contributed by atoms with Gasteiger partial charge in [0.2, 0.25) is 0 Å². The Morgan fingerprint density at radius 2 is 2.03 bits per heavy atom. The fourth-order valence-electron chi connectivity index (χ4n) is 5.71. The summed E-state index contributed by atoms with van der Waals surface area (Å²) in [4.78, 5) is 16.7. The van der Waals surface area contributed by atoms with Crippen LogP contribution in [0.5, 0.6) is 0 Å². The largest absolute Gasteiger partial charge is 0.479 e. The minimum absolute atomic E-state index is 0.0195. The van der Waals surface area contributed by atoms with Crippen molar-refractivity contribution in [2.24, 2.45) is 0 Å². The van der Waals surface area contributed by atoms with Gasteiger partial charge in [0.15, 0.2) is 11.2 Å². The molecule has 0 bridgehead atoms. The number of hydrogen-bond acceptors (Lipinski definition) is 5. The van der Waals surface area contributed by atoms with Crippen LogP contribution in [0.2, 0.25) is 0 Å². The van der Waals surface area contributed by atoms with E-state index in [0.717, 1.165) is 33.4 Å². The Hall–Kier alpha value is -3.30. The van der Waals surface area contributed by atoms with E-state index in [4.69, 9.17) is 9.72 Å². The van der Waals surface area contributed by atoms with Gasteiger partial charge in [-0.05, 0) is 68.4 Å². The second-order valence-corrected chi connectivity index (χ2v) is 10.6. The van der Waals surface area contributed by atoms with Crippen LogP contribution < -0.4 is 0 Å². The number of benzene rings is 1. The van der Waals surface area contributed by atoms with Crippen LogP contribution in [0.25, 0.3) is 27.8 Å². The second kappa shape index (κ2) is 8.67. The highest BCUT2D eigenvalue weighted by Gasteiger charge is 2.43. The zero-order valence-electron chi connectivity index (χ0n) is 20.9. The van der Waals surface area contributed by atoms with E-state index in [1.165, 1.54) is 6.07 Å². The summed E-state index contributed by atoms with van der Waals surface area (Å²) in [5.74, 6) is -1.47. The normalized spacial score (nSPS) is 20.9. The number of methoxy groups -OCH3 is 1. The number of aromatic amines is 1. The maximum absolute atomic E-state index is 14.3. The first-order valence-electron chi connectivity index (χ1n) is 12.2. The van der Waals surface area contributed by atoms with Gasteiger partial charge >= 0.3 is 5.97 Å². The molecule has 0 atom stereocenters. The van der Waals surface area contributed by atoms with Gasteiger partial charge in [-0.25, -0.2) is 14.2 Å². The molecular formula is C27H31FN4O4. The maximum atomic E-state index is 14.3. The van der Waals surface area contributed by atoms with E-state index >= 15 is 0 Å². The monoisotopic (exact) mass is 494 g/mol. The summed E-state index contributed by atoms with van der Waals surface area (Å²) in [6.45, 7) is 6.38. The molecule has 190 valence electrons. The Labute approximate surface area is 208 Å².